The first-order valence-electron chi connectivity index (χ1n) is 8.83. The van der Waals surface area contributed by atoms with Crippen molar-refractivity contribution in [1.29, 1.82) is 0 Å². The molecule has 28 heavy (non-hydrogen) atoms. The number of aromatic nitrogens is 2. The molecule has 0 bridgehead atoms. The van der Waals surface area contributed by atoms with E-state index in [9.17, 15) is 14.4 Å². The van der Waals surface area contributed by atoms with Crippen LogP contribution in [0.15, 0.2) is 36.4 Å². The topological polar surface area (TPSA) is 66.1 Å². The van der Waals surface area contributed by atoms with E-state index in [1.165, 1.54) is 30.3 Å². The molecule has 1 aromatic heterocycles. The highest BCUT2D eigenvalue weighted by atomic mass is 35.5. The summed E-state index contributed by atoms with van der Waals surface area (Å²) >= 11 is 11.9. The van der Waals surface area contributed by atoms with Gasteiger partial charge >= 0.3 is 5.69 Å². The first kappa shape index (κ1) is 18.9. The molecule has 1 fully saturated rings. The van der Waals surface area contributed by atoms with E-state index >= 15 is 0 Å². The Hall–Kier alpha value is -2.44. The van der Waals surface area contributed by atoms with E-state index in [0.717, 1.165) is 31.7 Å². The lowest BCUT2D eigenvalue weighted by molar-refractivity contribution is -0.580. The smallest absolute Gasteiger partial charge is 0.328 e. The van der Waals surface area contributed by atoms with Gasteiger partial charge in [0.1, 0.15) is 17.4 Å². The zero-order valence-electron chi connectivity index (χ0n) is 14.6. The molecule has 0 unspecified atom stereocenters. The Morgan fingerprint density at radius 3 is 2.61 bits per heavy atom. The van der Waals surface area contributed by atoms with Crippen LogP contribution in [-0.2, 0) is 0 Å². The molecule has 0 aliphatic heterocycles. The minimum absolute atomic E-state index is 0.0535. The molecule has 8 heteroatoms. The minimum atomic E-state index is -0.625. The first-order chi connectivity index (χ1) is 13.4. The van der Waals surface area contributed by atoms with Crippen LogP contribution < -0.4 is 9.47 Å². The van der Waals surface area contributed by atoms with Crippen molar-refractivity contribution >= 4 is 40.0 Å². The third kappa shape index (κ3) is 3.50. The number of hydrogen-bond donors (Lipinski definition) is 0. The van der Waals surface area contributed by atoms with Crippen molar-refractivity contribution in [1.82, 2.24) is 4.98 Å². The number of ketones is 1. The van der Waals surface area contributed by atoms with Gasteiger partial charge in [0, 0.05) is 11.6 Å². The Bertz CT molecular complexity index is 1080. The summed E-state index contributed by atoms with van der Waals surface area (Å²) in [5, 5.41) is 13.5. The SMILES string of the molecule is O=C(c1ccc(Cl)c(Cl)c1)c1c(OC2CCCC2)nc2ccc(F)cc2[n+]1[O-]. The van der Waals surface area contributed by atoms with Crippen molar-refractivity contribution < 1.29 is 18.7 Å². The van der Waals surface area contributed by atoms with Crippen LogP contribution in [0.25, 0.3) is 11.0 Å². The Kier molecular flexibility index (Phi) is 5.08. The van der Waals surface area contributed by atoms with Crippen molar-refractivity contribution in [2.24, 2.45) is 0 Å². The van der Waals surface area contributed by atoms with Crippen LogP contribution in [0.5, 0.6) is 5.88 Å². The van der Waals surface area contributed by atoms with E-state index in [4.69, 9.17) is 27.9 Å². The van der Waals surface area contributed by atoms with E-state index in [2.05, 4.69) is 4.98 Å². The predicted octanol–water partition coefficient (Wildman–Crippen LogP) is 4.87. The summed E-state index contributed by atoms with van der Waals surface area (Å²) in [7, 11) is 0. The molecule has 4 rings (SSSR count). The zero-order valence-corrected chi connectivity index (χ0v) is 16.1. The van der Waals surface area contributed by atoms with E-state index in [1.54, 1.807) is 0 Å². The van der Waals surface area contributed by atoms with Crippen molar-refractivity contribution in [3.05, 3.63) is 68.7 Å². The normalized spacial score (nSPS) is 14.5. The fourth-order valence-electron chi connectivity index (χ4n) is 3.33. The quantitative estimate of drug-likeness (QED) is 0.343. The van der Waals surface area contributed by atoms with E-state index in [-0.39, 0.29) is 44.3 Å². The third-order valence-corrected chi connectivity index (χ3v) is 5.50. The Morgan fingerprint density at radius 1 is 1.14 bits per heavy atom. The molecule has 5 nitrogen and oxygen atoms in total. The number of carbonyl (C=O) groups excluding carboxylic acids is 1. The molecule has 1 heterocycles. The highest BCUT2D eigenvalue weighted by molar-refractivity contribution is 6.42. The van der Waals surface area contributed by atoms with Gasteiger partial charge in [-0.15, -0.1) is 0 Å². The largest absolute Gasteiger partial charge is 0.618 e. The average molecular weight is 421 g/mol. The zero-order chi connectivity index (χ0) is 19.8. The minimum Gasteiger partial charge on any atom is -0.618 e. The van der Waals surface area contributed by atoms with Crippen molar-refractivity contribution in [3.8, 4) is 5.88 Å². The van der Waals surface area contributed by atoms with Gasteiger partial charge in [0.05, 0.1) is 10.0 Å². The monoisotopic (exact) mass is 420 g/mol. The summed E-state index contributed by atoms with van der Waals surface area (Å²) in [5.41, 5.74) is 0.0495. The fraction of sp³-hybridized carbons (Fsp3) is 0.250. The van der Waals surface area contributed by atoms with Crippen LogP contribution >= 0.6 is 23.2 Å². The second-order valence-electron chi connectivity index (χ2n) is 6.68. The molecule has 0 N–H and O–H groups in total. The molecule has 0 spiro atoms. The first-order valence-corrected chi connectivity index (χ1v) is 9.59. The van der Waals surface area contributed by atoms with Crippen LogP contribution in [0.4, 0.5) is 4.39 Å². The predicted molar refractivity (Wildman–Crippen MR) is 103 cm³/mol. The van der Waals surface area contributed by atoms with Gasteiger partial charge in [-0.2, -0.15) is 4.73 Å². The molecule has 0 atom stereocenters. The number of fused-ring (bicyclic) bond motifs is 1. The summed E-state index contributed by atoms with van der Waals surface area (Å²) in [4.78, 5) is 17.5. The molecule has 144 valence electrons. The number of nitrogens with zero attached hydrogens (tertiary/aromatic N) is 2. The van der Waals surface area contributed by atoms with Gasteiger partial charge in [0.25, 0.3) is 11.7 Å². The maximum absolute atomic E-state index is 13.7. The lowest BCUT2D eigenvalue weighted by atomic mass is 10.1. The van der Waals surface area contributed by atoms with Crippen LogP contribution in [0.2, 0.25) is 10.0 Å². The maximum atomic E-state index is 13.7. The number of halogens is 3. The molecule has 0 amide bonds. The van der Waals surface area contributed by atoms with Gasteiger partial charge in [-0.3, -0.25) is 4.79 Å². The Labute approximate surface area is 170 Å². The summed E-state index contributed by atoms with van der Waals surface area (Å²) < 4.78 is 20.0. The second kappa shape index (κ2) is 7.53. The molecule has 0 radical (unpaired) electrons. The third-order valence-electron chi connectivity index (χ3n) is 4.76. The van der Waals surface area contributed by atoms with Crippen LogP contribution in [0.3, 0.4) is 0 Å². The number of ether oxygens (including phenoxy) is 1. The molecule has 0 saturated heterocycles. The van der Waals surface area contributed by atoms with Crippen LogP contribution in [0.1, 0.15) is 41.7 Å². The fourth-order valence-corrected chi connectivity index (χ4v) is 3.63. The highest BCUT2D eigenvalue weighted by Gasteiger charge is 2.31. The lowest BCUT2D eigenvalue weighted by Crippen LogP contribution is -2.38. The second-order valence-corrected chi connectivity index (χ2v) is 7.49. The summed E-state index contributed by atoms with van der Waals surface area (Å²) in [6.45, 7) is 0. The average Bonchev–Trinajstić information content (AvgIpc) is 3.17. The molecule has 3 aromatic rings. The van der Waals surface area contributed by atoms with Gasteiger partial charge in [0.15, 0.2) is 0 Å². The maximum Gasteiger partial charge on any atom is 0.328 e. The Morgan fingerprint density at radius 2 is 1.89 bits per heavy atom. The molecule has 1 aliphatic carbocycles. The van der Waals surface area contributed by atoms with Gasteiger partial charge in [-0.1, -0.05) is 23.2 Å². The van der Waals surface area contributed by atoms with Gasteiger partial charge in [0.2, 0.25) is 5.52 Å². The standard InChI is InChI=1S/C20H15Cl2FN2O3/c21-14-7-5-11(9-15(14)22)19(26)18-20(28-13-3-1-2-4-13)24-16-8-6-12(23)10-17(16)25(18)27/h5-10,13H,1-4H2. The van der Waals surface area contributed by atoms with E-state index < -0.39 is 11.6 Å². The molecule has 2 aromatic carbocycles. The van der Waals surface area contributed by atoms with E-state index in [1.807, 2.05) is 0 Å². The molecule has 1 aliphatic rings. The van der Waals surface area contributed by atoms with Gasteiger partial charge in [-0.25, -0.2) is 9.37 Å². The van der Waals surface area contributed by atoms with Crippen LogP contribution in [0, 0.1) is 11.0 Å². The summed E-state index contributed by atoms with van der Waals surface area (Å²) in [5.74, 6) is -1.28. The summed E-state index contributed by atoms with van der Waals surface area (Å²) in [6.07, 6.45) is 3.55. The highest BCUT2D eigenvalue weighted by Crippen LogP contribution is 2.29. The molecular formula is C20H15Cl2FN2O3. The van der Waals surface area contributed by atoms with Crippen LogP contribution in [-0.4, -0.2) is 16.9 Å². The number of rotatable bonds is 4. The lowest BCUT2D eigenvalue weighted by Gasteiger charge is -2.15. The number of hydrogen-bond acceptors (Lipinski definition) is 4. The van der Waals surface area contributed by atoms with Gasteiger partial charge in [-0.05, 0) is 56.0 Å². The van der Waals surface area contributed by atoms with E-state index in [0.29, 0.717) is 4.73 Å². The van der Waals surface area contributed by atoms with Crippen molar-refractivity contribution in [2.75, 3.05) is 0 Å². The summed E-state index contributed by atoms with van der Waals surface area (Å²) in [6, 6.07) is 7.94. The van der Waals surface area contributed by atoms with Crippen molar-refractivity contribution in [2.45, 2.75) is 31.8 Å². The van der Waals surface area contributed by atoms with Crippen molar-refractivity contribution in [3.63, 3.8) is 0 Å². The number of benzene rings is 2. The Balaban J connectivity index is 1.88. The molecule has 1 saturated carbocycles. The number of carbonyl (C=O) groups is 1. The molecular weight excluding hydrogens is 406 g/mol. The van der Waals surface area contributed by atoms with Gasteiger partial charge < -0.3 is 9.94 Å².